The second-order valence-corrected chi connectivity index (χ2v) is 10.0. The predicted octanol–water partition coefficient (Wildman–Crippen LogP) is 2.26. The fourth-order valence-corrected chi connectivity index (χ4v) is 4.11. The van der Waals surface area contributed by atoms with E-state index < -0.39 is 36.9 Å². The Morgan fingerprint density at radius 2 is 1.11 bits per heavy atom. The van der Waals surface area contributed by atoms with Crippen LogP contribution in [0, 0.1) is 0 Å². The summed E-state index contributed by atoms with van der Waals surface area (Å²) in [7, 11) is 1.40. The van der Waals surface area contributed by atoms with Crippen molar-refractivity contribution in [2.45, 2.75) is 134 Å². The fraction of sp³-hybridized carbons (Fsp3) is 0.926. The average molecular weight is 519 g/mol. The molecule has 6 N–H and O–H groups in total. The monoisotopic (exact) mass is 518 g/mol. The molecule has 0 aromatic carbocycles. The Labute approximate surface area is 218 Å². The van der Waals surface area contributed by atoms with Crippen molar-refractivity contribution >= 4 is 11.8 Å². The third kappa shape index (κ3) is 18.1. The number of carbonyl (C=O) groups excluding carboxylic acids is 2. The molecule has 0 bridgehead atoms. The van der Waals surface area contributed by atoms with E-state index in [9.17, 15) is 30.0 Å². The minimum absolute atomic E-state index is 0.200. The molecule has 0 aliphatic heterocycles. The molecule has 0 aliphatic carbocycles. The SMILES string of the molecule is CCCCCCCCCCCCCCCCCC(=O)NCC(=O)N(C)C[C@H](O)[C@@H](O)[C@H](O)[C@H](O)CO. The molecule has 0 aromatic heterocycles. The number of nitrogens with zero attached hydrogens (tertiary/aromatic N) is 1. The summed E-state index contributed by atoms with van der Waals surface area (Å²) in [5.41, 5.74) is 0. The van der Waals surface area contributed by atoms with Gasteiger partial charge in [0.05, 0.1) is 13.2 Å². The van der Waals surface area contributed by atoms with E-state index in [2.05, 4.69) is 12.2 Å². The first-order valence-corrected chi connectivity index (χ1v) is 14.1. The zero-order chi connectivity index (χ0) is 27.2. The first kappa shape index (κ1) is 34.7. The number of hydrogen-bond donors (Lipinski definition) is 6. The summed E-state index contributed by atoms with van der Waals surface area (Å²) in [6.45, 7) is 0.952. The molecule has 0 unspecified atom stereocenters. The lowest BCUT2D eigenvalue weighted by atomic mass is 10.0. The van der Waals surface area contributed by atoms with E-state index in [-0.39, 0.29) is 19.0 Å². The van der Waals surface area contributed by atoms with Crippen molar-refractivity contribution in [1.82, 2.24) is 10.2 Å². The Hall–Kier alpha value is -1.26. The lowest BCUT2D eigenvalue weighted by molar-refractivity contribution is -0.138. The van der Waals surface area contributed by atoms with Crippen LogP contribution in [0.5, 0.6) is 0 Å². The molecule has 9 nitrogen and oxygen atoms in total. The molecule has 214 valence electrons. The van der Waals surface area contributed by atoms with Gasteiger partial charge in [-0.15, -0.1) is 0 Å². The van der Waals surface area contributed by atoms with Gasteiger partial charge in [-0.2, -0.15) is 0 Å². The average Bonchev–Trinajstić information content (AvgIpc) is 2.87. The van der Waals surface area contributed by atoms with E-state index in [1.807, 2.05) is 0 Å². The van der Waals surface area contributed by atoms with Gasteiger partial charge in [0.1, 0.15) is 24.4 Å². The Balaban J connectivity index is 3.70. The maximum atomic E-state index is 12.1. The van der Waals surface area contributed by atoms with Gasteiger partial charge in [-0.3, -0.25) is 9.59 Å². The van der Waals surface area contributed by atoms with Crippen LogP contribution in [-0.4, -0.2) is 93.4 Å². The van der Waals surface area contributed by atoms with Crippen molar-refractivity contribution in [3.05, 3.63) is 0 Å². The quantitative estimate of drug-likeness (QED) is 0.107. The van der Waals surface area contributed by atoms with Gasteiger partial charge in [0.15, 0.2) is 0 Å². The van der Waals surface area contributed by atoms with Crippen LogP contribution in [0.15, 0.2) is 0 Å². The third-order valence-electron chi connectivity index (χ3n) is 6.66. The lowest BCUT2D eigenvalue weighted by Gasteiger charge is -2.28. The van der Waals surface area contributed by atoms with Crippen molar-refractivity contribution in [3.63, 3.8) is 0 Å². The highest BCUT2D eigenvalue weighted by atomic mass is 16.4. The maximum absolute atomic E-state index is 12.1. The van der Waals surface area contributed by atoms with Crippen molar-refractivity contribution in [1.29, 1.82) is 0 Å². The zero-order valence-electron chi connectivity index (χ0n) is 22.7. The topological polar surface area (TPSA) is 151 Å². The van der Waals surface area contributed by atoms with E-state index in [4.69, 9.17) is 5.11 Å². The smallest absolute Gasteiger partial charge is 0.241 e. The van der Waals surface area contributed by atoms with E-state index in [1.165, 1.54) is 84.1 Å². The van der Waals surface area contributed by atoms with Crippen molar-refractivity contribution in [2.24, 2.45) is 0 Å². The Kier molecular flexibility index (Phi) is 22.1. The Bertz CT molecular complexity index is 550. The second-order valence-electron chi connectivity index (χ2n) is 10.0. The van der Waals surface area contributed by atoms with Crippen LogP contribution in [0.1, 0.15) is 110 Å². The number of amides is 2. The molecule has 9 heteroatoms. The van der Waals surface area contributed by atoms with Gasteiger partial charge in [-0.25, -0.2) is 0 Å². The molecule has 0 fully saturated rings. The summed E-state index contributed by atoms with van der Waals surface area (Å²) in [6, 6.07) is 0. The molecule has 36 heavy (non-hydrogen) atoms. The van der Waals surface area contributed by atoms with Crippen LogP contribution in [0.25, 0.3) is 0 Å². The molecule has 0 heterocycles. The van der Waals surface area contributed by atoms with Gasteiger partial charge in [-0.05, 0) is 6.42 Å². The van der Waals surface area contributed by atoms with Crippen LogP contribution >= 0.6 is 0 Å². The second kappa shape index (κ2) is 22.9. The minimum Gasteiger partial charge on any atom is -0.394 e. The lowest BCUT2D eigenvalue weighted by Crippen LogP contribution is -2.50. The highest BCUT2D eigenvalue weighted by Gasteiger charge is 2.31. The Morgan fingerprint density at radius 3 is 1.56 bits per heavy atom. The van der Waals surface area contributed by atoms with Crippen LogP contribution in [0.3, 0.4) is 0 Å². The number of hydrogen-bond acceptors (Lipinski definition) is 7. The molecule has 4 atom stereocenters. The van der Waals surface area contributed by atoms with Crippen molar-refractivity contribution < 1.29 is 35.1 Å². The van der Waals surface area contributed by atoms with Gasteiger partial charge in [0.25, 0.3) is 0 Å². The highest BCUT2D eigenvalue weighted by molar-refractivity contribution is 5.84. The largest absolute Gasteiger partial charge is 0.394 e. The third-order valence-corrected chi connectivity index (χ3v) is 6.66. The summed E-state index contributed by atoms with van der Waals surface area (Å²) in [5, 5.41) is 50.1. The van der Waals surface area contributed by atoms with Crippen molar-refractivity contribution in [2.75, 3.05) is 26.7 Å². The standard InChI is InChI=1S/C27H54N2O7/c1-3-4-5-6-7-8-9-10-11-12-13-14-15-16-17-18-24(33)28-19-25(34)29(2)20-22(31)26(35)27(36)23(32)21-30/h22-23,26-27,30-32,35-36H,3-21H2,1-2H3,(H,28,33)/t22-,23+,26+,27+/m0/s1. The van der Waals surface area contributed by atoms with Crippen molar-refractivity contribution in [3.8, 4) is 0 Å². The molecule has 0 radical (unpaired) electrons. The van der Waals surface area contributed by atoms with E-state index in [0.717, 1.165) is 24.2 Å². The first-order chi connectivity index (χ1) is 17.2. The number of unbranched alkanes of at least 4 members (excludes halogenated alkanes) is 14. The summed E-state index contributed by atoms with van der Waals surface area (Å²) >= 11 is 0. The Morgan fingerprint density at radius 1 is 0.694 bits per heavy atom. The molecule has 0 aliphatic rings. The number of likely N-dealkylation sites (N-methyl/N-ethyl adjacent to an activating group) is 1. The number of carbonyl (C=O) groups is 2. The van der Waals surface area contributed by atoms with Gasteiger partial charge < -0.3 is 35.7 Å². The summed E-state index contributed by atoms with van der Waals surface area (Å²) in [6.07, 6.45) is 12.6. The number of rotatable bonds is 24. The minimum atomic E-state index is -1.75. The van der Waals surface area contributed by atoms with E-state index >= 15 is 0 Å². The van der Waals surface area contributed by atoms with Gasteiger partial charge >= 0.3 is 0 Å². The number of aliphatic hydroxyl groups excluding tert-OH is 5. The van der Waals surface area contributed by atoms with Crippen LogP contribution < -0.4 is 5.32 Å². The summed E-state index contributed by atoms with van der Waals surface area (Å²) < 4.78 is 0. The summed E-state index contributed by atoms with van der Waals surface area (Å²) in [5.74, 6) is -0.656. The number of nitrogens with one attached hydrogen (secondary N) is 1. The number of aliphatic hydroxyl groups is 5. The highest BCUT2D eigenvalue weighted by Crippen LogP contribution is 2.13. The molecule has 0 rings (SSSR count). The molecular formula is C27H54N2O7. The predicted molar refractivity (Wildman–Crippen MR) is 141 cm³/mol. The maximum Gasteiger partial charge on any atom is 0.241 e. The van der Waals surface area contributed by atoms with E-state index in [0.29, 0.717) is 6.42 Å². The van der Waals surface area contributed by atoms with Gasteiger partial charge in [-0.1, -0.05) is 96.8 Å². The normalized spacial score (nSPS) is 14.8. The molecule has 0 saturated carbocycles. The molecular weight excluding hydrogens is 464 g/mol. The first-order valence-electron chi connectivity index (χ1n) is 14.1. The molecule has 0 spiro atoms. The molecule has 0 saturated heterocycles. The van der Waals surface area contributed by atoms with Crippen LogP contribution in [-0.2, 0) is 9.59 Å². The summed E-state index contributed by atoms with van der Waals surface area (Å²) in [4.78, 5) is 25.2. The van der Waals surface area contributed by atoms with Crippen LogP contribution in [0.4, 0.5) is 0 Å². The molecule has 0 aromatic rings. The van der Waals surface area contributed by atoms with Gasteiger partial charge in [0, 0.05) is 20.0 Å². The zero-order valence-corrected chi connectivity index (χ0v) is 22.7. The van der Waals surface area contributed by atoms with Gasteiger partial charge in [0.2, 0.25) is 11.8 Å². The van der Waals surface area contributed by atoms with E-state index in [1.54, 1.807) is 0 Å². The van der Waals surface area contributed by atoms with Crippen LogP contribution in [0.2, 0.25) is 0 Å². The molecule has 2 amide bonds. The fourth-order valence-electron chi connectivity index (χ4n) is 4.11.